The highest BCUT2D eigenvalue weighted by Gasteiger charge is 2.40. The Hall–Kier alpha value is -0.620. The van der Waals surface area contributed by atoms with Gasteiger partial charge in [0.2, 0.25) is 10.0 Å². The lowest BCUT2D eigenvalue weighted by molar-refractivity contribution is 0.191. The van der Waals surface area contributed by atoms with Crippen molar-refractivity contribution in [3.63, 3.8) is 0 Å². The summed E-state index contributed by atoms with van der Waals surface area (Å²) in [6, 6.07) is 6.98. The van der Waals surface area contributed by atoms with E-state index in [0.717, 1.165) is 31.2 Å². The second-order valence-corrected chi connectivity index (χ2v) is 7.61. The van der Waals surface area contributed by atoms with Crippen LogP contribution in [0, 0.1) is 12.8 Å². The van der Waals surface area contributed by atoms with Crippen LogP contribution in [0.15, 0.2) is 29.2 Å². The highest BCUT2D eigenvalue weighted by Crippen LogP contribution is 2.34. The summed E-state index contributed by atoms with van der Waals surface area (Å²) in [6.07, 6.45) is 4.01. The van der Waals surface area contributed by atoms with Gasteiger partial charge in [0.15, 0.2) is 0 Å². The van der Waals surface area contributed by atoms with Crippen molar-refractivity contribution in [3.8, 4) is 0 Å². The third kappa shape index (κ3) is 3.97. The molecule has 1 saturated carbocycles. The summed E-state index contributed by atoms with van der Waals surface area (Å²) in [4.78, 5) is 0.322. The van der Waals surface area contributed by atoms with Crippen LogP contribution in [0.3, 0.4) is 0 Å². The second kappa shape index (κ2) is 7.09. The Kier molecular flexibility index (Phi) is 6.23. The lowest BCUT2D eigenvalue weighted by atomic mass is 9.74. The molecule has 0 radical (unpaired) electrons. The van der Waals surface area contributed by atoms with Crippen LogP contribution in [-0.4, -0.2) is 20.5 Å². The number of sulfonamides is 1. The molecule has 1 aliphatic rings. The number of aryl methyl sites for hydroxylation is 1. The van der Waals surface area contributed by atoms with Gasteiger partial charge in [-0.3, -0.25) is 0 Å². The molecular weight excluding hydrogens is 308 g/mol. The number of nitrogens with one attached hydrogen (secondary N) is 1. The summed E-state index contributed by atoms with van der Waals surface area (Å²) in [7, 11) is -3.52. The summed E-state index contributed by atoms with van der Waals surface area (Å²) in [5.74, 6) is 0.265. The lowest BCUT2D eigenvalue weighted by Gasteiger charge is -2.42. The molecule has 0 saturated heterocycles. The highest BCUT2D eigenvalue weighted by atomic mass is 35.5. The van der Waals surface area contributed by atoms with Crippen LogP contribution in [-0.2, 0) is 10.0 Å². The van der Waals surface area contributed by atoms with E-state index < -0.39 is 15.6 Å². The van der Waals surface area contributed by atoms with Gasteiger partial charge in [-0.05, 0) is 43.4 Å². The summed E-state index contributed by atoms with van der Waals surface area (Å²) < 4.78 is 28.1. The number of hydrogen-bond acceptors (Lipinski definition) is 3. The van der Waals surface area contributed by atoms with Gasteiger partial charge in [-0.1, -0.05) is 31.9 Å². The molecule has 3 N–H and O–H groups in total. The van der Waals surface area contributed by atoms with Crippen LogP contribution in [0.5, 0.6) is 0 Å². The second-order valence-electron chi connectivity index (χ2n) is 5.93. The zero-order valence-electron chi connectivity index (χ0n) is 12.6. The van der Waals surface area contributed by atoms with Gasteiger partial charge in [-0.25, -0.2) is 13.1 Å². The minimum atomic E-state index is -3.52. The van der Waals surface area contributed by atoms with E-state index in [1.165, 1.54) is 0 Å². The van der Waals surface area contributed by atoms with Gasteiger partial charge >= 0.3 is 0 Å². The molecule has 1 fully saturated rings. The van der Waals surface area contributed by atoms with Gasteiger partial charge in [0.25, 0.3) is 0 Å². The predicted octanol–water partition coefficient (Wildman–Crippen LogP) is 2.60. The van der Waals surface area contributed by atoms with E-state index in [-0.39, 0.29) is 18.3 Å². The topological polar surface area (TPSA) is 72.2 Å². The monoisotopic (exact) mass is 332 g/mol. The van der Waals surface area contributed by atoms with E-state index in [4.69, 9.17) is 5.73 Å². The van der Waals surface area contributed by atoms with Crippen molar-refractivity contribution >= 4 is 22.4 Å². The maximum absolute atomic E-state index is 12.6. The van der Waals surface area contributed by atoms with Gasteiger partial charge in [-0.2, -0.15) is 0 Å². The maximum Gasteiger partial charge on any atom is 0.241 e. The Morgan fingerprint density at radius 1 is 1.38 bits per heavy atom. The fraction of sp³-hybridized carbons (Fsp3) is 0.600. The first kappa shape index (κ1) is 18.4. The molecule has 1 aliphatic carbocycles. The highest BCUT2D eigenvalue weighted by molar-refractivity contribution is 7.89. The van der Waals surface area contributed by atoms with Crippen LogP contribution in [0.25, 0.3) is 0 Å². The third-order valence-corrected chi connectivity index (χ3v) is 6.00. The average molecular weight is 333 g/mol. The average Bonchev–Trinajstić information content (AvgIpc) is 2.41. The van der Waals surface area contributed by atoms with Crippen molar-refractivity contribution in [3.05, 3.63) is 29.8 Å². The van der Waals surface area contributed by atoms with E-state index >= 15 is 0 Å². The van der Waals surface area contributed by atoms with Crippen LogP contribution < -0.4 is 10.5 Å². The number of benzene rings is 1. The van der Waals surface area contributed by atoms with Crippen LogP contribution in [0.1, 0.15) is 38.2 Å². The summed E-state index contributed by atoms with van der Waals surface area (Å²) in [5.41, 5.74) is 6.35. The molecule has 2 unspecified atom stereocenters. The van der Waals surface area contributed by atoms with Crippen molar-refractivity contribution in [1.82, 2.24) is 4.72 Å². The van der Waals surface area contributed by atoms with Gasteiger partial charge < -0.3 is 5.73 Å². The Morgan fingerprint density at radius 3 is 2.67 bits per heavy atom. The van der Waals surface area contributed by atoms with Crippen molar-refractivity contribution in [2.75, 3.05) is 6.54 Å². The van der Waals surface area contributed by atoms with Gasteiger partial charge in [0.1, 0.15) is 0 Å². The van der Waals surface area contributed by atoms with E-state index in [9.17, 15) is 8.42 Å². The zero-order valence-corrected chi connectivity index (χ0v) is 14.3. The minimum Gasteiger partial charge on any atom is -0.329 e. The van der Waals surface area contributed by atoms with Crippen molar-refractivity contribution in [2.24, 2.45) is 11.7 Å². The van der Waals surface area contributed by atoms with Crippen LogP contribution in [0.4, 0.5) is 0 Å². The molecule has 0 spiro atoms. The summed E-state index contributed by atoms with van der Waals surface area (Å²) in [6.45, 7) is 4.32. The predicted molar refractivity (Wildman–Crippen MR) is 88.2 cm³/mol. The normalized spacial score (nSPS) is 26.1. The Bertz CT molecular complexity index is 577. The molecule has 21 heavy (non-hydrogen) atoms. The molecule has 1 aromatic rings. The fourth-order valence-electron chi connectivity index (χ4n) is 3.02. The number of rotatable bonds is 4. The molecule has 4 nitrogen and oxygen atoms in total. The molecule has 120 valence electrons. The largest absolute Gasteiger partial charge is 0.329 e. The van der Waals surface area contributed by atoms with Crippen molar-refractivity contribution < 1.29 is 8.42 Å². The van der Waals surface area contributed by atoms with E-state index in [1.807, 2.05) is 13.0 Å². The van der Waals surface area contributed by atoms with Crippen LogP contribution in [0.2, 0.25) is 0 Å². The fourth-order valence-corrected chi connectivity index (χ4v) is 4.66. The minimum absolute atomic E-state index is 0. The zero-order chi connectivity index (χ0) is 14.8. The molecule has 0 aliphatic heterocycles. The molecular formula is C15H25ClN2O2S. The van der Waals surface area contributed by atoms with E-state index in [1.54, 1.807) is 18.2 Å². The first-order valence-corrected chi connectivity index (χ1v) is 8.69. The molecule has 0 heterocycles. The Balaban J connectivity index is 0.00000220. The van der Waals surface area contributed by atoms with Gasteiger partial charge in [0.05, 0.1) is 4.90 Å². The Morgan fingerprint density at radius 2 is 2.10 bits per heavy atom. The molecule has 1 aromatic carbocycles. The molecule has 0 bridgehead atoms. The smallest absolute Gasteiger partial charge is 0.241 e. The summed E-state index contributed by atoms with van der Waals surface area (Å²) >= 11 is 0. The maximum atomic E-state index is 12.6. The number of halogens is 1. The Labute approximate surface area is 134 Å². The quantitative estimate of drug-likeness (QED) is 0.890. The number of nitrogens with two attached hydrogens (primary N) is 1. The first-order chi connectivity index (χ1) is 9.39. The lowest BCUT2D eigenvalue weighted by Crippen LogP contribution is -2.58. The SMILES string of the molecule is Cc1cccc(S(=O)(=O)NC2(CN)CCCCC2C)c1.Cl. The molecule has 0 amide bonds. The van der Waals surface area contributed by atoms with E-state index in [0.29, 0.717) is 11.4 Å². The molecule has 6 heteroatoms. The summed E-state index contributed by atoms with van der Waals surface area (Å²) in [5, 5.41) is 0. The van der Waals surface area contributed by atoms with Gasteiger partial charge in [-0.15, -0.1) is 12.4 Å². The van der Waals surface area contributed by atoms with Crippen molar-refractivity contribution in [1.29, 1.82) is 0 Å². The number of hydrogen-bond donors (Lipinski definition) is 2. The molecule has 2 atom stereocenters. The molecule has 0 aromatic heterocycles. The van der Waals surface area contributed by atoms with E-state index in [2.05, 4.69) is 11.6 Å². The van der Waals surface area contributed by atoms with Crippen LogP contribution >= 0.6 is 12.4 Å². The standard InChI is InChI=1S/C15H24N2O2S.ClH/c1-12-6-5-8-14(10-12)20(18,19)17-15(11-16)9-4-3-7-13(15)2;/h5-6,8,10,13,17H,3-4,7,9,11,16H2,1-2H3;1H. The van der Waals surface area contributed by atoms with Gasteiger partial charge in [0, 0.05) is 12.1 Å². The third-order valence-electron chi connectivity index (χ3n) is 4.46. The first-order valence-electron chi connectivity index (χ1n) is 7.20. The molecule has 2 rings (SSSR count). The van der Waals surface area contributed by atoms with Crippen molar-refractivity contribution in [2.45, 2.75) is 50.0 Å².